The SMILES string of the molecule is COC(=O)CC[C@H](NC(=O)c1cnc2ccccc2c1)C(=O)OC. The molecule has 0 aliphatic heterocycles. The van der Waals surface area contributed by atoms with Gasteiger partial charge in [0, 0.05) is 18.0 Å². The number of amides is 1. The molecule has 2 rings (SSSR count). The third-order valence-electron chi connectivity index (χ3n) is 3.51. The molecule has 0 bridgehead atoms. The smallest absolute Gasteiger partial charge is 0.328 e. The zero-order valence-corrected chi connectivity index (χ0v) is 13.4. The molecule has 126 valence electrons. The highest BCUT2D eigenvalue weighted by atomic mass is 16.5. The van der Waals surface area contributed by atoms with Crippen molar-refractivity contribution in [3.05, 3.63) is 42.1 Å². The first kappa shape index (κ1) is 17.4. The first-order chi connectivity index (χ1) is 11.5. The van der Waals surface area contributed by atoms with Gasteiger partial charge in [-0.1, -0.05) is 18.2 Å². The van der Waals surface area contributed by atoms with Gasteiger partial charge in [0.25, 0.3) is 5.91 Å². The second-order valence-electron chi connectivity index (χ2n) is 5.08. The molecular formula is C17H18N2O5. The molecule has 0 fully saturated rings. The minimum absolute atomic E-state index is 0.00742. The molecule has 7 nitrogen and oxygen atoms in total. The monoisotopic (exact) mass is 330 g/mol. The van der Waals surface area contributed by atoms with Crippen LogP contribution in [0.25, 0.3) is 10.9 Å². The summed E-state index contributed by atoms with van der Waals surface area (Å²) in [6, 6.07) is 8.13. The number of benzene rings is 1. The Balaban J connectivity index is 2.12. The molecule has 0 saturated carbocycles. The summed E-state index contributed by atoms with van der Waals surface area (Å²) in [7, 11) is 2.48. The summed E-state index contributed by atoms with van der Waals surface area (Å²) in [5.74, 6) is -1.56. The normalized spacial score (nSPS) is 11.6. The van der Waals surface area contributed by atoms with E-state index in [0.717, 1.165) is 10.9 Å². The molecule has 7 heteroatoms. The van der Waals surface area contributed by atoms with E-state index in [-0.39, 0.29) is 12.8 Å². The van der Waals surface area contributed by atoms with Gasteiger partial charge in [0.05, 0.1) is 25.3 Å². The Morgan fingerprint density at radius 3 is 2.62 bits per heavy atom. The van der Waals surface area contributed by atoms with Gasteiger partial charge in [-0.15, -0.1) is 0 Å². The Bertz CT molecular complexity index is 759. The maximum Gasteiger partial charge on any atom is 0.328 e. The number of nitrogens with zero attached hydrogens (tertiary/aromatic N) is 1. The van der Waals surface area contributed by atoms with E-state index < -0.39 is 23.9 Å². The lowest BCUT2D eigenvalue weighted by Gasteiger charge is -2.16. The van der Waals surface area contributed by atoms with Crippen LogP contribution in [0.15, 0.2) is 36.5 Å². The van der Waals surface area contributed by atoms with Crippen molar-refractivity contribution in [2.45, 2.75) is 18.9 Å². The van der Waals surface area contributed by atoms with Crippen molar-refractivity contribution in [2.75, 3.05) is 14.2 Å². The minimum Gasteiger partial charge on any atom is -0.469 e. The van der Waals surface area contributed by atoms with E-state index in [2.05, 4.69) is 19.8 Å². The van der Waals surface area contributed by atoms with E-state index in [4.69, 9.17) is 0 Å². The number of aromatic nitrogens is 1. The van der Waals surface area contributed by atoms with Crippen molar-refractivity contribution >= 4 is 28.7 Å². The number of ether oxygens (including phenoxy) is 2. The molecule has 0 radical (unpaired) electrons. The van der Waals surface area contributed by atoms with E-state index in [1.165, 1.54) is 20.4 Å². The van der Waals surface area contributed by atoms with Gasteiger partial charge in [-0.25, -0.2) is 4.79 Å². The summed E-state index contributed by atoms with van der Waals surface area (Å²) in [5.41, 5.74) is 1.09. The van der Waals surface area contributed by atoms with Crippen molar-refractivity contribution < 1.29 is 23.9 Å². The first-order valence-electron chi connectivity index (χ1n) is 7.35. The lowest BCUT2D eigenvalue weighted by atomic mass is 10.1. The Morgan fingerprint density at radius 2 is 1.92 bits per heavy atom. The standard InChI is InChI=1S/C17H18N2O5/c1-23-15(20)8-7-14(17(22)24-2)19-16(21)12-9-11-5-3-4-6-13(11)18-10-12/h3-6,9-10,14H,7-8H2,1-2H3,(H,19,21)/t14-/m0/s1. The zero-order chi connectivity index (χ0) is 17.5. The van der Waals surface area contributed by atoms with Crippen LogP contribution in [-0.4, -0.2) is 43.1 Å². The average Bonchev–Trinajstić information content (AvgIpc) is 2.63. The molecule has 0 aliphatic carbocycles. The molecule has 1 aromatic heterocycles. The molecule has 2 aromatic rings. The fourth-order valence-electron chi connectivity index (χ4n) is 2.19. The number of nitrogens with one attached hydrogen (secondary N) is 1. The Labute approximate surface area is 139 Å². The van der Waals surface area contributed by atoms with Gasteiger partial charge >= 0.3 is 11.9 Å². The van der Waals surface area contributed by atoms with Crippen molar-refractivity contribution in [2.24, 2.45) is 0 Å². The summed E-state index contributed by atoms with van der Waals surface area (Å²) in [4.78, 5) is 39.6. The summed E-state index contributed by atoms with van der Waals surface area (Å²) in [5, 5.41) is 3.38. The average molecular weight is 330 g/mol. The van der Waals surface area contributed by atoms with Gasteiger partial charge < -0.3 is 14.8 Å². The van der Waals surface area contributed by atoms with E-state index in [1.54, 1.807) is 6.07 Å². The molecule has 1 heterocycles. The van der Waals surface area contributed by atoms with Gasteiger partial charge in [-0.2, -0.15) is 0 Å². The van der Waals surface area contributed by atoms with Crippen LogP contribution in [0.3, 0.4) is 0 Å². The number of carbonyl (C=O) groups excluding carboxylic acids is 3. The van der Waals surface area contributed by atoms with Crippen molar-refractivity contribution in [1.82, 2.24) is 10.3 Å². The lowest BCUT2D eigenvalue weighted by molar-refractivity contribution is -0.144. The predicted molar refractivity (Wildman–Crippen MR) is 86.3 cm³/mol. The third-order valence-corrected chi connectivity index (χ3v) is 3.51. The maximum absolute atomic E-state index is 12.4. The molecule has 0 aliphatic rings. The van der Waals surface area contributed by atoms with E-state index in [9.17, 15) is 14.4 Å². The lowest BCUT2D eigenvalue weighted by Crippen LogP contribution is -2.41. The van der Waals surface area contributed by atoms with Crippen LogP contribution in [0.5, 0.6) is 0 Å². The molecule has 1 N–H and O–H groups in total. The Morgan fingerprint density at radius 1 is 1.17 bits per heavy atom. The number of rotatable bonds is 6. The fourth-order valence-corrected chi connectivity index (χ4v) is 2.19. The molecule has 0 unspecified atom stereocenters. The Hall–Kier alpha value is -2.96. The van der Waals surface area contributed by atoms with E-state index >= 15 is 0 Å². The number of pyridine rings is 1. The molecule has 0 saturated heterocycles. The van der Waals surface area contributed by atoms with Crippen molar-refractivity contribution in [1.29, 1.82) is 0 Å². The first-order valence-corrected chi connectivity index (χ1v) is 7.35. The van der Waals surface area contributed by atoms with Crippen molar-refractivity contribution in [3.8, 4) is 0 Å². The number of carbonyl (C=O) groups is 3. The van der Waals surface area contributed by atoms with Crippen LogP contribution in [0.4, 0.5) is 0 Å². The van der Waals surface area contributed by atoms with Crippen molar-refractivity contribution in [3.63, 3.8) is 0 Å². The van der Waals surface area contributed by atoms with Crippen LogP contribution >= 0.6 is 0 Å². The highest BCUT2D eigenvalue weighted by molar-refractivity contribution is 5.99. The van der Waals surface area contributed by atoms with Crippen LogP contribution in [0, 0.1) is 0 Å². The second kappa shape index (κ2) is 8.05. The summed E-state index contributed by atoms with van der Waals surface area (Å²) < 4.78 is 9.20. The number of fused-ring (bicyclic) bond motifs is 1. The number of para-hydroxylation sites is 1. The Kier molecular flexibility index (Phi) is 5.83. The molecular weight excluding hydrogens is 312 g/mol. The van der Waals surface area contributed by atoms with E-state index in [1.807, 2.05) is 24.3 Å². The van der Waals surface area contributed by atoms with Crippen LogP contribution in [0.2, 0.25) is 0 Å². The third kappa shape index (κ3) is 4.28. The number of esters is 2. The zero-order valence-electron chi connectivity index (χ0n) is 13.4. The quantitative estimate of drug-likeness (QED) is 0.806. The maximum atomic E-state index is 12.4. The van der Waals surface area contributed by atoms with Gasteiger partial charge in [-0.3, -0.25) is 14.6 Å². The summed E-state index contributed by atoms with van der Waals surface area (Å²) in [6.07, 6.45) is 1.52. The highest BCUT2D eigenvalue weighted by Gasteiger charge is 2.23. The van der Waals surface area contributed by atoms with Crippen LogP contribution in [0.1, 0.15) is 23.2 Å². The summed E-state index contributed by atoms with van der Waals surface area (Å²) in [6.45, 7) is 0. The second-order valence-corrected chi connectivity index (χ2v) is 5.08. The van der Waals surface area contributed by atoms with Gasteiger partial charge in [0.15, 0.2) is 0 Å². The minimum atomic E-state index is -0.937. The molecule has 0 spiro atoms. The molecule has 1 amide bonds. The van der Waals surface area contributed by atoms with E-state index in [0.29, 0.717) is 5.56 Å². The van der Waals surface area contributed by atoms with Gasteiger partial charge in [0.1, 0.15) is 6.04 Å². The van der Waals surface area contributed by atoms with Crippen LogP contribution < -0.4 is 5.32 Å². The molecule has 1 atom stereocenters. The number of hydrogen-bond acceptors (Lipinski definition) is 6. The fraction of sp³-hybridized carbons (Fsp3) is 0.294. The number of hydrogen-bond donors (Lipinski definition) is 1. The van der Waals surface area contributed by atoms with Crippen LogP contribution in [-0.2, 0) is 19.1 Å². The predicted octanol–water partition coefficient (Wildman–Crippen LogP) is 1.46. The largest absolute Gasteiger partial charge is 0.469 e. The summed E-state index contributed by atoms with van der Waals surface area (Å²) >= 11 is 0. The molecule has 24 heavy (non-hydrogen) atoms. The number of methoxy groups -OCH3 is 2. The van der Waals surface area contributed by atoms with Gasteiger partial charge in [-0.05, 0) is 18.6 Å². The topological polar surface area (TPSA) is 94.6 Å². The van der Waals surface area contributed by atoms with Gasteiger partial charge in [0.2, 0.25) is 0 Å². The highest BCUT2D eigenvalue weighted by Crippen LogP contribution is 2.13. The molecule has 1 aromatic carbocycles.